The van der Waals surface area contributed by atoms with Gasteiger partial charge < -0.3 is 9.80 Å². The maximum absolute atomic E-state index is 12.9. The Bertz CT molecular complexity index is 1150. The van der Waals surface area contributed by atoms with E-state index in [-0.39, 0.29) is 36.1 Å². The van der Waals surface area contributed by atoms with Crippen molar-refractivity contribution >= 4 is 27.5 Å². The van der Waals surface area contributed by atoms with Crippen molar-refractivity contribution in [1.29, 1.82) is 0 Å². The lowest BCUT2D eigenvalue weighted by Gasteiger charge is -2.21. The van der Waals surface area contributed by atoms with E-state index in [1.807, 2.05) is 36.1 Å². The first-order valence-corrected chi connectivity index (χ1v) is 13.6. The van der Waals surface area contributed by atoms with E-state index < -0.39 is 10.0 Å². The molecule has 2 aromatic carbocycles. The molecule has 1 saturated heterocycles. The van der Waals surface area contributed by atoms with E-state index in [1.54, 1.807) is 23.1 Å². The zero-order valence-corrected chi connectivity index (χ0v) is 20.6. The van der Waals surface area contributed by atoms with E-state index in [0.29, 0.717) is 13.0 Å². The van der Waals surface area contributed by atoms with Crippen LogP contribution in [0.4, 0.5) is 5.69 Å². The number of carbonyl (C=O) groups excluding carboxylic acids is 2. The highest BCUT2D eigenvalue weighted by Crippen LogP contribution is 2.31. The molecule has 1 fully saturated rings. The molecule has 0 atom stereocenters. The third-order valence-corrected chi connectivity index (χ3v) is 8.02. The van der Waals surface area contributed by atoms with Crippen molar-refractivity contribution in [3.63, 3.8) is 0 Å². The van der Waals surface area contributed by atoms with Crippen LogP contribution in [-0.4, -0.2) is 44.8 Å². The molecule has 2 amide bonds. The average Bonchev–Trinajstić information content (AvgIpc) is 3.05. The minimum atomic E-state index is -3.67. The molecule has 2 aliphatic rings. The molecule has 182 valence electrons. The van der Waals surface area contributed by atoms with Crippen molar-refractivity contribution < 1.29 is 18.0 Å². The molecular weight excluding hydrogens is 450 g/mol. The number of rotatable bonds is 7. The minimum Gasteiger partial charge on any atom is -0.343 e. The fraction of sp³-hybridized carbons (Fsp3) is 0.462. The van der Waals surface area contributed by atoms with Gasteiger partial charge in [0, 0.05) is 44.7 Å². The highest BCUT2D eigenvalue weighted by molar-refractivity contribution is 7.89. The number of hydrogen-bond acceptors (Lipinski definition) is 4. The first-order chi connectivity index (χ1) is 16.3. The summed E-state index contributed by atoms with van der Waals surface area (Å²) < 4.78 is 28.3. The molecule has 0 bridgehead atoms. The molecule has 0 saturated carbocycles. The second-order valence-corrected chi connectivity index (χ2v) is 11.0. The van der Waals surface area contributed by atoms with Crippen LogP contribution in [0.3, 0.4) is 0 Å². The van der Waals surface area contributed by atoms with Crippen LogP contribution in [0.1, 0.15) is 55.2 Å². The molecule has 2 aromatic rings. The molecule has 0 radical (unpaired) electrons. The SMILES string of the molecule is Cc1cccc(CNS(=O)(=O)c2ccc3c(c2)CCN3C(=O)CCC(=O)N2CCCCCC2)c1. The Morgan fingerprint density at radius 2 is 1.65 bits per heavy atom. The molecule has 0 spiro atoms. The van der Waals surface area contributed by atoms with E-state index >= 15 is 0 Å². The van der Waals surface area contributed by atoms with E-state index in [2.05, 4.69) is 4.72 Å². The lowest BCUT2D eigenvalue weighted by molar-refractivity contribution is -0.133. The maximum Gasteiger partial charge on any atom is 0.240 e. The van der Waals surface area contributed by atoms with Crippen molar-refractivity contribution in [3.8, 4) is 0 Å². The third-order valence-electron chi connectivity index (χ3n) is 6.62. The van der Waals surface area contributed by atoms with E-state index in [9.17, 15) is 18.0 Å². The second-order valence-electron chi connectivity index (χ2n) is 9.19. The number of aryl methyl sites for hydroxylation is 1. The summed E-state index contributed by atoms with van der Waals surface area (Å²) in [6, 6.07) is 12.6. The van der Waals surface area contributed by atoms with E-state index in [1.165, 1.54) is 0 Å². The molecule has 4 rings (SSSR count). The fourth-order valence-electron chi connectivity index (χ4n) is 4.72. The molecule has 0 aromatic heterocycles. The summed E-state index contributed by atoms with van der Waals surface area (Å²) in [5, 5.41) is 0. The Kier molecular flexibility index (Phi) is 7.68. The van der Waals surface area contributed by atoms with Crippen LogP contribution in [0.5, 0.6) is 0 Å². The van der Waals surface area contributed by atoms with Crippen LogP contribution in [0.15, 0.2) is 47.4 Å². The standard InChI is InChI=1S/C26H33N3O4S/c1-20-7-6-8-21(17-20)19-27-34(32,33)23-9-10-24-22(18-23)13-16-29(24)26(31)12-11-25(30)28-14-4-2-3-5-15-28/h6-10,17-18,27H,2-5,11-16,19H2,1H3. The van der Waals surface area contributed by atoms with Gasteiger partial charge in [0.25, 0.3) is 0 Å². The predicted molar refractivity (Wildman–Crippen MR) is 132 cm³/mol. The quantitative estimate of drug-likeness (QED) is 0.653. The van der Waals surface area contributed by atoms with Gasteiger partial charge >= 0.3 is 0 Å². The Balaban J connectivity index is 1.36. The van der Waals surface area contributed by atoms with Gasteiger partial charge in [-0.25, -0.2) is 13.1 Å². The van der Waals surface area contributed by atoms with E-state index in [4.69, 9.17) is 0 Å². The number of nitrogens with zero attached hydrogens (tertiary/aromatic N) is 2. The number of carbonyl (C=O) groups is 2. The van der Waals surface area contributed by atoms with E-state index in [0.717, 1.165) is 61.2 Å². The first kappa shape index (κ1) is 24.4. The van der Waals surface area contributed by atoms with Gasteiger partial charge in [0.2, 0.25) is 21.8 Å². The molecule has 0 unspecified atom stereocenters. The number of hydrogen-bond donors (Lipinski definition) is 1. The highest BCUT2D eigenvalue weighted by atomic mass is 32.2. The Morgan fingerprint density at radius 3 is 2.38 bits per heavy atom. The van der Waals surface area contributed by atoms with Gasteiger partial charge in [0.05, 0.1) is 4.90 Å². The topological polar surface area (TPSA) is 86.8 Å². The van der Waals surface area contributed by atoms with Gasteiger partial charge in [-0.15, -0.1) is 0 Å². The van der Waals surface area contributed by atoms with Crippen LogP contribution in [0.2, 0.25) is 0 Å². The third kappa shape index (κ3) is 5.85. The summed E-state index contributed by atoms with van der Waals surface area (Å²) in [4.78, 5) is 29.2. The van der Waals surface area contributed by atoms with Crippen molar-refractivity contribution in [2.75, 3.05) is 24.5 Å². The minimum absolute atomic E-state index is 0.0517. The number of likely N-dealkylation sites (tertiary alicyclic amines) is 1. The Morgan fingerprint density at radius 1 is 0.912 bits per heavy atom. The number of benzene rings is 2. The summed E-state index contributed by atoms with van der Waals surface area (Å²) in [5.74, 6) is -0.0362. The molecule has 7 nitrogen and oxygen atoms in total. The van der Waals surface area contributed by atoms with Crippen molar-refractivity contribution in [3.05, 3.63) is 59.2 Å². The number of fused-ring (bicyclic) bond motifs is 1. The molecule has 8 heteroatoms. The second kappa shape index (κ2) is 10.7. The lowest BCUT2D eigenvalue weighted by atomic mass is 10.1. The average molecular weight is 484 g/mol. The summed E-state index contributed by atoms with van der Waals surface area (Å²) >= 11 is 0. The molecule has 2 aliphatic heterocycles. The van der Waals surface area contributed by atoms with Crippen LogP contribution in [0, 0.1) is 6.92 Å². The smallest absolute Gasteiger partial charge is 0.240 e. The molecule has 34 heavy (non-hydrogen) atoms. The monoisotopic (exact) mass is 483 g/mol. The number of nitrogens with one attached hydrogen (secondary N) is 1. The maximum atomic E-state index is 12.9. The molecule has 2 heterocycles. The van der Waals surface area contributed by atoms with Crippen molar-refractivity contribution in [1.82, 2.24) is 9.62 Å². The van der Waals surface area contributed by atoms with Crippen molar-refractivity contribution in [2.24, 2.45) is 0 Å². The Labute approximate surface area is 202 Å². The van der Waals surface area contributed by atoms with Gasteiger partial charge in [-0.1, -0.05) is 42.7 Å². The zero-order valence-electron chi connectivity index (χ0n) is 19.8. The number of anilines is 1. The van der Waals surface area contributed by atoms with Gasteiger partial charge in [0.1, 0.15) is 0 Å². The van der Waals surface area contributed by atoms with Crippen LogP contribution >= 0.6 is 0 Å². The lowest BCUT2D eigenvalue weighted by Crippen LogP contribution is -2.34. The van der Waals surface area contributed by atoms with Gasteiger partial charge in [-0.05, 0) is 55.5 Å². The van der Waals surface area contributed by atoms with Gasteiger partial charge in [0.15, 0.2) is 0 Å². The molecule has 1 N–H and O–H groups in total. The van der Waals surface area contributed by atoms with Gasteiger partial charge in [-0.2, -0.15) is 0 Å². The van der Waals surface area contributed by atoms with Crippen LogP contribution in [0.25, 0.3) is 0 Å². The highest BCUT2D eigenvalue weighted by Gasteiger charge is 2.27. The number of amides is 2. The van der Waals surface area contributed by atoms with Crippen LogP contribution in [-0.2, 0) is 32.6 Å². The number of sulfonamides is 1. The summed E-state index contributed by atoms with van der Waals surface area (Å²) in [5.41, 5.74) is 3.55. The fourth-order valence-corrected chi connectivity index (χ4v) is 5.78. The summed E-state index contributed by atoms with van der Waals surface area (Å²) in [6.07, 6.45) is 5.38. The predicted octanol–water partition coefficient (Wildman–Crippen LogP) is 3.55. The Hall–Kier alpha value is -2.71. The van der Waals surface area contributed by atoms with Crippen molar-refractivity contribution in [2.45, 2.75) is 63.3 Å². The molecular formula is C26H33N3O4S. The summed E-state index contributed by atoms with van der Waals surface area (Å²) in [6.45, 7) is 4.27. The summed E-state index contributed by atoms with van der Waals surface area (Å²) in [7, 11) is -3.67. The molecule has 0 aliphatic carbocycles. The largest absolute Gasteiger partial charge is 0.343 e. The zero-order chi connectivity index (χ0) is 24.1. The first-order valence-electron chi connectivity index (χ1n) is 12.1. The van der Waals surface area contributed by atoms with Gasteiger partial charge in [-0.3, -0.25) is 9.59 Å². The van der Waals surface area contributed by atoms with Crippen LogP contribution < -0.4 is 9.62 Å². The normalized spacial score (nSPS) is 16.3.